The second-order valence-corrected chi connectivity index (χ2v) is 7.14. The highest BCUT2D eigenvalue weighted by Gasteiger charge is 2.30. The molecule has 0 spiro atoms. The molecular weight excluding hydrogens is 252 g/mol. The molecule has 0 aromatic rings. The minimum absolute atomic E-state index is 0.00991. The zero-order chi connectivity index (χ0) is 13.8. The lowest BCUT2D eigenvalue weighted by Gasteiger charge is -2.30. The summed E-state index contributed by atoms with van der Waals surface area (Å²) in [6, 6.07) is 0.163. The number of amides is 1. The molecule has 1 saturated heterocycles. The number of hydrogen-bond acceptors (Lipinski definition) is 3. The Morgan fingerprint density at radius 1 is 1.50 bits per heavy atom. The summed E-state index contributed by atoms with van der Waals surface area (Å²) in [6.07, 6.45) is 4.72. The minimum atomic E-state index is -3.18. The highest BCUT2D eigenvalue weighted by molar-refractivity contribution is 7.88. The van der Waals surface area contributed by atoms with E-state index in [2.05, 4.69) is 12.2 Å². The van der Waals surface area contributed by atoms with Gasteiger partial charge >= 0.3 is 0 Å². The standard InChI is InChI=1S/C12H24N2O3S/c1-4-6-10(2)13-12(15)11-7-5-8-14(9-11)18(3,16)17/h10-11H,4-9H2,1-3H3,(H,13,15)/t10-,11+/m0/s1. The maximum atomic E-state index is 12.0. The van der Waals surface area contributed by atoms with Crippen molar-refractivity contribution in [1.82, 2.24) is 9.62 Å². The lowest BCUT2D eigenvalue weighted by Crippen LogP contribution is -2.46. The van der Waals surface area contributed by atoms with Crippen LogP contribution in [0.5, 0.6) is 0 Å². The number of sulfonamides is 1. The van der Waals surface area contributed by atoms with E-state index in [9.17, 15) is 13.2 Å². The summed E-state index contributed by atoms with van der Waals surface area (Å²) in [4.78, 5) is 12.0. The predicted octanol–water partition coefficient (Wildman–Crippen LogP) is 0.963. The molecule has 0 bridgehead atoms. The van der Waals surface area contributed by atoms with Gasteiger partial charge in [-0.2, -0.15) is 0 Å². The van der Waals surface area contributed by atoms with Crippen LogP contribution in [0.1, 0.15) is 39.5 Å². The fourth-order valence-electron chi connectivity index (χ4n) is 2.32. The van der Waals surface area contributed by atoms with E-state index in [1.807, 2.05) is 6.92 Å². The van der Waals surface area contributed by atoms with E-state index in [-0.39, 0.29) is 17.9 Å². The third-order valence-electron chi connectivity index (χ3n) is 3.33. The maximum absolute atomic E-state index is 12.0. The molecular formula is C12H24N2O3S. The van der Waals surface area contributed by atoms with Gasteiger partial charge in [-0.05, 0) is 26.2 Å². The van der Waals surface area contributed by atoms with Gasteiger partial charge in [0.25, 0.3) is 0 Å². The van der Waals surface area contributed by atoms with Crippen molar-refractivity contribution in [3.63, 3.8) is 0 Å². The number of rotatable bonds is 5. The minimum Gasteiger partial charge on any atom is -0.353 e. The number of nitrogens with one attached hydrogen (secondary N) is 1. The van der Waals surface area contributed by atoms with E-state index in [4.69, 9.17) is 0 Å². The van der Waals surface area contributed by atoms with E-state index in [1.165, 1.54) is 10.6 Å². The van der Waals surface area contributed by atoms with Gasteiger partial charge in [0.2, 0.25) is 15.9 Å². The van der Waals surface area contributed by atoms with Crippen LogP contribution in [-0.2, 0) is 14.8 Å². The first-order chi connectivity index (χ1) is 8.34. The molecule has 2 atom stereocenters. The number of carbonyl (C=O) groups excluding carboxylic acids is 1. The molecule has 0 aliphatic carbocycles. The van der Waals surface area contributed by atoms with Gasteiger partial charge in [-0.25, -0.2) is 12.7 Å². The Labute approximate surface area is 110 Å². The molecule has 6 heteroatoms. The van der Waals surface area contributed by atoms with E-state index < -0.39 is 10.0 Å². The largest absolute Gasteiger partial charge is 0.353 e. The Bertz CT molecular complexity index is 381. The van der Waals surface area contributed by atoms with Crippen molar-refractivity contribution in [2.75, 3.05) is 19.3 Å². The summed E-state index contributed by atoms with van der Waals surface area (Å²) in [6.45, 7) is 4.92. The summed E-state index contributed by atoms with van der Waals surface area (Å²) >= 11 is 0. The molecule has 1 aliphatic heterocycles. The van der Waals surface area contributed by atoms with Crippen LogP contribution < -0.4 is 5.32 Å². The highest BCUT2D eigenvalue weighted by atomic mass is 32.2. The van der Waals surface area contributed by atoms with Crippen molar-refractivity contribution in [1.29, 1.82) is 0 Å². The number of nitrogens with zero attached hydrogens (tertiary/aromatic N) is 1. The average Bonchev–Trinajstić information content (AvgIpc) is 2.28. The van der Waals surface area contributed by atoms with Gasteiger partial charge in [0.15, 0.2) is 0 Å². The van der Waals surface area contributed by atoms with Crippen LogP contribution in [0.3, 0.4) is 0 Å². The van der Waals surface area contributed by atoms with Crippen LogP contribution in [0, 0.1) is 5.92 Å². The van der Waals surface area contributed by atoms with E-state index in [0.29, 0.717) is 13.1 Å². The average molecular weight is 276 g/mol. The molecule has 0 aromatic carbocycles. The molecule has 0 aromatic heterocycles. The SMILES string of the molecule is CCC[C@H](C)NC(=O)[C@@H]1CCCN(S(C)(=O)=O)C1. The summed E-state index contributed by atoms with van der Waals surface area (Å²) in [5.41, 5.74) is 0. The van der Waals surface area contributed by atoms with Gasteiger partial charge in [-0.3, -0.25) is 4.79 Å². The zero-order valence-electron chi connectivity index (χ0n) is 11.5. The molecule has 5 nitrogen and oxygen atoms in total. The molecule has 1 fully saturated rings. The first-order valence-electron chi connectivity index (χ1n) is 6.60. The van der Waals surface area contributed by atoms with Gasteiger partial charge in [-0.15, -0.1) is 0 Å². The molecule has 1 rings (SSSR count). The van der Waals surface area contributed by atoms with E-state index in [0.717, 1.165) is 25.7 Å². The predicted molar refractivity (Wildman–Crippen MR) is 71.7 cm³/mol. The topological polar surface area (TPSA) is 66.5 Å². The maximum Gasteiger partial charge on any atom is 0.224 e. The second kappa shape index (κ2) is 6.52. The Kier molecular flexibility index (Phi) is 5.59. The number of hydrogen-bond donors (Lipinski definition) is 1. The quantitative estimate of drug-likeness (QED) is 0.813. The van der Waals surface area contributed by atoms with Crippen LogP contribution in [0.4, 0.5) is 0 Å². The van der Waals surface area contributed by atoms with Gasteiger partial charge in [-0.1, -0.05) is 13.3 Å². The number of carbonyl (C=O) groups is 1. The zero-order valence-corrected chi connectivity index (χ0v) is 12.3. The van der Waals surface area contributed by atoms with Crippen LogP contribution >= 0.6 is 0 Å². The highest BCUT2D eigenvalue weighted by Crippen LogP contribution is 2.19. The smallest absolute Gasteiger partial charge is 0.224 e. The first kappa shape index (κ1) is 15.4. The normalized spacial score (nSPS) is 23.6. The van der Waals surface area contributed by atoms with E-state index in [1.54, 1.807) is 0 Å². The summed E-state index contributed by atoms with van der Waals surface area (Å²) in [7, 11) is -3.18. The number of piperidine rings is 1. The van der Waals surface area contributed by atoms with Crippen LogP contribution in [-0.4, -0.2) is 44.0 Å². The monoisotopic (exact) mass is 276 g/mol. The Balaban J connectivity index is 2.53. The van der Waals surface area contributed by atoms with Gasteiger partial charge in [0.1, 0.15) is 0 Å². The molecule has 0 radical (unpaired) electrons. The lowest BCUT2D eigenvalue weighted by molar-refractivity contribution is -0.126. The summed E-state index contributed by atoms with van der Waals surface area (Å²) in [5, 5.41) is 2.96. The fraction of sp³-hybridized carbons (Fsp3) is 0.917. The molecule has 1 heterocycles. The Hall–Kier alpha value is -0.620. The van der Waals surface area contributed by atoms with Crippen molar-refractivity contribution in [2.24, 2.45) is 5.92 Å². The lowest BCUT2D eigenvalue weighted by atomic mass is 9.98. The van der Waals surface area contributed by atoms with Gasteiger partial charge < -0.3 is 5.32 Å². The third-order valence-corrected chi connectivity index (χ3v) is 4.60. The van der Waals surface area contributed by atoms with Crippen LogP contribution in [0.2, 0.25) is 0 Å². The molecule has 0 saturated carbocycles. The molecule has 1 N–H and O–H groups in total. The van der Waals surface area contributed by atoms with Crippen LogP contribution in [0.25, 0.3) is 0 Å². The van der Waals surface area contributed by atoms with Crippen molar-refractivity contribution in [3.05, 3.63) is 0 Å². The van der Waals surface area contributed by atoms with Crippen LogP contribution in [0.15, 0.2) is 0 Å². The Morgan fingerprint density at radius 2 is 2.17 bits per heavy atom. The molecule has 18 heavy (non-hydrogen) atoms. The molecule has 0 unspecified atom stereocenters. The van der Waals surface area contributed by atoms with Crippen molar-refractivity contribution in [3.8, 4) is 0 Å². The molecule has 1 aliphatic rings. The van der Waals surface area contributed by atoms with E-state index >= 15 is 0 Å². The van der Waals surface area contributed by atoms with Crippen molar-refractivity contribution in [2.45, 2.75) is 45.6 Å². The van der Waals surface area contributed by atoms with Crippen molar-refractivity contribution >= 4 is 15.9 Å². The summed E-state index contributed by atoms with van der Waals surface area (Å²) < 4.78 is 24.4. The van der Waals surface area contributed by atoms with Gasteiger partial charge in [0.05, 0.1) is 12.2 Å². The Morgan fingerprint density at radius 3 is 2.72 bits per heavy atom. The van der Waals surface area contributed by atoms with Crippen molar-refractivity contribution < 1.29 is 13.2 Å². The second-order valence-electron chi connectivity index (χ2n) is 5.16. The summed E-state index contributed by atoms with van der Waals surface area (Å²) in [5.74, 6) is -0.211. The molecule has 106 valence electrons. The fourth-order valence-corrected chi connectivity index (χ4v) is 3.24. The first-order valence-corrected chi connectivity index (χ1v) is 8.45. The van der Waals surface area contributed by atoms with Gasteiger partial charge in [0, 0.05) is 19.1 Å². The molecule has 1 amide bonds. The third kappa shape index (κ3) is 4.57.